The lowest BCUT2D eigenvalue weighted by molar-refractivity contribution is 0.306. The second kappa shape index (κ2) is 9.29. The molecule has 0 saturated carbocycles. The van der Waals surface area contributed by atoms with Crippen LogP contribution < -0.4 is 9.64 Å². The van der Waals surface area contributed by atoms with Gasteiger partial charge in [0.1, 0.15) is 17.3 Å². The molecule has 0 atom stereocenters. The molecule has 148 valence electrons. The van der Waals surface area contributed by atoms with Crippen molar-refractivity contribution in [2.45, 2.75) is 6.61 Å². The summed E-state index contributed by atoms with van der Waals surface area (Å²) in [4.78, 5) is 5.55. The fourth-order valence-corrected chi connectivity index (χ4v) is 3.88. The smallest absolute Gasteiger partial charge is 0.119 e. The Bertz CT molecular complexity index is 937. The summed E-state index contributed by atoms with van der Waals surface area (Å²) < 4.78 is 5.87. The number of benzene rings is 3. The number of hydrogen-bond acceptors (Lipinski definition) is 3. The molecule has 0 aliphatic carbocycles. The summed E-state index contributed by atoms with van der Waals surface area (Å²) >= 11 is 11.7. The van der Waals surface area contributed by atoms with Gasteiger partial charge < -0.3 is 14.5 Å². The maximum atomic E-state index is 5.99. The minimum absolute atomic E-state index is 0.567. The van der Waals surface area contributed by atoms with Crippen LogP contribution in [0.1, 0.15) is 11.1 Å². The third-order valence-electron chi connectivity index (χ3n) is 5.11. The van der Waals surface area contributed by atoms with Gasteiger partial charge in [-0.15, -0.1) is 0 Å². The quantitative estimate of drug-likeness (QED) is 0.510. The van der Waals surface area contributed by atoms with Crippen LogP contribution in [0.2, 0.25) is 5.02 Å². The van der Waals surface area contributed by atoms with Crippen molar-refractivity contribution in [1.82, 2.24) is 4.90 Å². The third kappa shape index (κ3) is 5.08. The highest BCUT2D eigenvalue weighted by Crippen LogP contribution is 2.21. The minimum atomic E-state index is 0.567. The Balaban J connectivity index is 1.31. The number of rotatable bonds is 5. The van der Waals surface area contributed by atoms with Crippen LogP contribution in [0, 0.1) is 0 Å². The van der Waals surface area contributed by atoms with Gasteiger partial charge in [0.2, 0.25) is 0 Å². The third-order valence-corrected chi connectivity index (χ3v) is 5.85. The van der Waals surface area contributed by atoms with E-state index in [1.54, 1.807) is 0 Å². The van der Waals surface area contributed by atoms with Crippen LogP contribution in [0.3, 0.4) is 0 Å². The first-order chi connectivity index (χ1) is 14.2. The van der Waals surface area contributed by atoms with Crippen LogP contribution in [0.5, 0.6) is 5.75 Å². The molecule has 3 aromatic carbocycles. The van der Waals surface area contributed by atoms with E-state index in [1.165, 1.54) is 5.69 Å². The zero-order valence-corrected chi connectivity index (χ0v) is 17.7. The molecular formula is C24H23ClN2OS. The normalized spacial score (nSPS) is 14.0. The fraction of sp³-hybridized carbons (Fsp3) is 0.208. The molecule has 0 unspecified atom stereocenters. The number of anilines is 1. The molecule has 0 amide bonds. The average molecular weight is 423 g/mol. The molecule has 3 aromatic rings. The van der Waals surface area contributed by atoms with Crippen LogP contribution >= 0.6 is 23.8 Å². The van der Waals surface area contributed by atoms with Crippen molar-refractivity contribution < 1.29 is 4.74 Å². The molecule has 29 heavy (non-hydrogen) atoms. The van der Waals surface area contributed by atoms with Gasteiger partial charge in [0.25, 0.3) is 0 Å². The second-order valence-electron chi connectivity index (χ2n) is 7.05. The van der Waals surface area contributed by atoms with Crippen LogP contribution in [0.25, 0.3) is 0 Å². The highest BCUT2D eigenvalue weighted by molar-refractivity contribution is 7.80. The van der Waals surface area contributed by atoms with Crippen molar-refractivity contribution >= 4 is 34.5 Å². The van der Waals surface area contributed by atoms with Gasteiger partial charge in [-0.3, -0.25) is 0 Å². The summed E-state index contributed by atoms with van der Waals surface area (Å²) in [6, 6.07) is 26.3. The molecule has 1 aliphatic heterocycles. The van der Waals surface area contributed by atoms with Crippen LogP contribution in [-0.2, 0) is 6.61 Å². The molecule has 1 fully saturated rings. The first-order valence-corrected chi connectivity index (χ1v) is 10.5. The number of piperazine rings is 1. The Morgan fingerprint density at radius 2 is 1.48 bits per heavy atom. The van der Waals surface area contributed by atoms with E-state index < -0.39 is 0 Å². The number of hydrogen-bond donors (Lipinski definition) is 0. The zero-order chi connectivity index (χ0) is 20.1. The summed E-state index contributed by atoms with van der Waals surface area (Å²) in [7, 11) is 0. The maximum Gasteiger partial charge on any atom is 0.119 e. The lowest BCUT2D eigenvalue weighted by atomic mass is 10.1. The SMILES string of the molecule is S=C(c1ccc(OCc2ccccc2)cc1)N1CCN(c2ccc(Cl)cc2)CC1. The maximum absolute atomic E-state index is 5.99. The molecule has 0 aromatic heterocycles. The average Bonchev–Trinajstić information content (AvgIpc) is 2.79. The monoisotopic (exact) mass is 422 g/mol. The van der Waals surface area contributed by atoms with Crippen molar-refractivity contribution in [2.75, 3.05) is 31.1 Å². The molecule has 1 heterocycles. The van der Waals surface area contributed by atoms with Gasteiger partial charge in [-0.1, -0.05) is 54.2 Å². The van der Waals surface area contributed by atoms with E-state index in [1.807, 2.05) is 54.6 Å². The number of nitrogens with zero attached hydrogens (tertiary/aromatic N) is 2. The summed E-state index contributed by atoms with van der Waals surface area (Å²) in [5.74, 6) is 0.855. The van der Waals surface area contributed by atoms with Gasteiger partial charge >= 0.3 is 0 Å². The lowest BCUT2D eigenvalue weighted by Gasteiger charge is -2.37. The summed E-state index contributed by atoms with van der Waals surface area (Å²) in [6.45, 7) is 4.28. The van der Waals surface area contributed by atoms with Gasteiger partial charge in [-0.05, 0) is 54.1 Å². The molecule has 1 aliphatic rings. The molecule has 0 radical (unpaired) electrons. The molecule has 0 bridgehead atoms. The van der Waals surface area contributed by atoms with Gasteiger partial charge in [-0.25, -0.2) is 0 Å². The summed E-state index contributed by atoms with van der Waals surface area (Å²) in [5, 5.41) is 0.768. The highest BCUT2D eigenvalue weighted by atomic mass is 35.5. The largest absolute Gasteiger partial charge is 0.489 e. The first kappa shape index (κ1) is 19.7. The Hall–Kier alpha value is -2.56. The number of thiocarbonyl (C=S) groups is 1. The van der Waals surface area contributed by atoms with Gasteiger partial charge in [0.05, 0.1) is 0 Å². The van der Waals surface area contributed by atoms with Gasteiger partial charge in [0, 0.05) is 42.5 Å². The molecule has 0 spiro atoms. The van der Waals surface area contributed by atoms with Crippen LogP contribution in [0.4, 0.5) is 5.69 Å². The minimum Gasteiger partial charge on any atom is -0.489 e. The van der Waals surface area contributed by atoms with E-state index in [0.717, 1.165) is 53.1 Å². The molecule has 5 heteroatoms. The zero-order valence-electron chi connectivity index (χ0n) is 16.1. The van der Waals surface area contributed by atoms with E-state index in [0.29, 0.717) is 6.61 Å². The number of ether oxygens (including phenoxy) is 1. The van der Waals surface area contributed by atoms with Crippen LogP contribution in [-0.4, -0.2) is 36.1 Å². The van der Waals surface area contributed by atoms with E-state index in [-0.39, 0.29) is 0 Å². The molecule has 4 rings (SSSR count). The predicted molar refractivity (Wildman–Crippen MR) is 124 cm³/mol. The Morgan fingerprint density at radius 1 is 0.828 bits per heavy atom. The molecule has 3 nitrogen and oxygen atoms in total. The fourth-order valence-electron chi connectivity index (χ4n) is 3.44. The van der Waals surface area contributed by atoms with Crippen LogP contribution in [0.15, 0.2) is 78.9 Å². The highest BCUT2D eigenvalue weighted by Gasteiger charge is 2.20. The standard InChI is InChI=1S/C24H23ClN2OS/c25-21-8-10-22(11-9-21)26-14-16-27(17-15-26)24(29)20-6-12-23(13-7-20)28-18-19-4-2-1-3-5-19/h1-13H,14-18H2. The topological polar surface area (TPSA) is 15.7 Å². The Morgan fingerprint density at radius 3 is 2.14 bits per heavy atom. The van der Waals surface area contributed by atoms with Gasteiger partial charge in [-0.2, -0.15) is 0 Å². The molecular weight excluding hydrogens is 400 g/mol. The van der Waals surface area contributed by atoms with E-state index in [2.05, 4.69) is 34.1 Å². The first-order valence-electron chi connectivity index (χ1n) is 9.76. The second-order valence-corrected chi connectivity index (χ2v) is 7.88. The van der Waals surface area contributed by atoms with Crippen molar-refractivity contribution in [1.29, 1.82) is 0 Å². The van der Waals surface area contributed by atoms with E-state index >= 15 is 0 Å². The predicted octanol–water partition coefficient (Wildman–Crippen LogP) is 5.42. The lowest BCUT2D eigenvalue weighted by Crippen LogP contribution is -2.48. The van der Waals surface area contributed by atoms with Crippen molar-refractivity contribution in [3.8, 4) is 5.75 Å². The summed E-state index contributed by atoms with van der Waals surface area (Å²) in [5.41, 5.74) is 3.43. The molecule has 0 N–H and O–H groups in total. The van der Waals surface area contributed by atoms with Gasteiger partial charge in [0.15, 0.2) is 0 Å². The Labute approximate surface area is 182 Å². The van der Waals surface area contributed by atoms with Crippen molar-refractivity contribution in [3.05, 3.63) is 95.0 Å². The van der Waals surface area contributed by atoms with E-state index in [4.69, 9.17) is 28.6 Å². The number of halogens is 1. The Kier molecular flexibility index (Phi) is 6.33. The van der Waals surface area contributed by atoms with Crippen molar-refractivity contribution in [3.63, 3.8) is 0 Å². The van der Waals surface area contributed by atoms with E-state index in [9.17, 15) is 0 Å². The van der Waals surface area contributed by atoms with Crippen molar-refractivity contribution in [2.24, 2.45) is 0 Å². The molecule has 1 saturated heterocycles. The summed E-state index contributed by atoms with van der Waals surface area (Å²) in [6.07, 6.45) is 0.